The van der Waals surface area contributed by atoms with E-state index < -0.39 is 6.04 Å². The van der Waals surface area contributed by atoms with Crippen LogP contribution in [0.2, 0.25) is 0 Å². The highest BCUT2D eigenvalue weighted by Crippen LogP contribution is 2.32. The molecule has 0 aliphatic carbocycles. The van der Waals surface area contributed by atoms with Gasteiger partial charge in [0, 0.05) is 19.0 Å². The van der Waals surface area contributed by atoms with Gasteiger partial charge < -0.3 is 19.7 Å². The molecular weight excluding hydrogens is 392 g/mol. The van der Waals surface area contributed by atoms with Gasteiger partial charge in [0.2, 0.25) is 18.6 Å². The Balaban J connectivity index is 1.76. The standard InChI is InChI=1S/C25H32N2O4/c1-5-21(25(29)26-17(2)3)27(15-20-8-6-7-18(4)13-20)24(28)12-10-19-9-11-22-23(14-19)31-16-30-22/h6-9,11,13-14,17,21H,5,10,12,15-16H2,1-4H3,(H,26,29). The molecule has 1 atom stereocenters. The van der Waals surface area contributed by atoms with Crippen LogP contribution in [0.25, 0.3) is 0 Å². The van der Waals surface area contributed by atoms with Crippen LogP contribution in [-0.2, 0) is 22.6 Å². The first-order valence-electron chi connectivity index (χ1n) is 10.9. The molecule has 166 valence electrons. The Morgan fingerprint density at radius 3 is 2.55 bits per heavy atom. The number of benzene rings is 2. The van der Waals surface area contributed by atoms with Crippen molar-refractivity contribution >= 4 is 11.8 Å². The number of ether oxygens (including phenoxy) is 2. The number of carbonyl (C=O) groups is 2. The molecule has 0 bridgehead atoms. The summed E-state index contributed by atoms with van der Waals surface area (Å²) in [6, 6.07) is 13.3. The van der Waals surface area contributed by atoms with Gasteiger partial charge in [-0.3, -0.25) is 9.59 Å². The van der Waals surface area contributed by atoms with Gasteiger partial charge in [-0.25, -0.2) is 0 Å². The fourth-order valence-electron chi connectivity index (χ4n) is 3.80. The summed E-state index contributed by atoms with van der Waals surface area (Å²) in [5.41, 5.74) is 3.16. The lowest BCUT2D eigenvalue weighted by Gasteiger charge is -2.31. The molecule has 0 saturated heterocycles. The molecule has 1 N–H and O–H groups in total. The Morgan fingerprint density at radius 2 is 1.84 bits per heavy atom. The molecule has 3 rings (SSSR count). The lowest BCUT2D eigenvalue weighted by molar-refractivity contribution is -0.141. The second-order valence-corrected chi connectivity index (χ2v) is 8.29. The van der Waals surface area contributed by atoms with E-state index >= 15 is 0 Å². The van der Waals surface area contributed by atoms with Crippen LogP contribution >= 0.6 is 0 Å². The van der Waals surface area contributed by atoms with Crippen LogP contribution < -0.4 is 14.8 Å². The molecule has 1 aliphatic heterocycles. The van der Waals surface area contributed by atoms with Crippen molar-refractivity contribution in [3.8, 4) is 11.5 Å². The average molecular weight is 425 g/mol. The molecule has 1 unspecified atom stereocenters. The van der Waals surface area contributed by atoms with Crippen LogP contribution in [0.5, 0.6) is 11.5 Å². The van der Waals surface area contributed by atoms with Gasteiger partial charge in [-0.1, -0.05) is 42.8 Å². The number of carbonyl (C=O) groups excluding carboxylic acids is 2. The first-order chi connectivity index (χ1) is 14.9. The van der Waals surface area contributed by atoms with Crippen LogP contribution in [0.4, 0.5) is 0 Å². The van der Waals surface area contributed by atoms with Gasteiger partial charge >= 0.3 is 0 Å². The minimum Gasteiger partial charge on any atom is -0.454 e. The van der Waals surface area contributed by atoms with Crippen LogP contribution in [-0.4, -0.2) is 35.6 Å². The zero-order valence-corrected chi connectivity index (χ0v) is 18.8. The fraction of sp³-hybridized carbons (Fsp3) is 0.440. The molecular formula is C25H32N2O4. The average Bonchev–Trinajstić information content (AvgIpc) is 3.19. The zero-order chi connectivity index (χ0) is 22.4. The Morgan fingerprint density at radius 1 is 1.06 bits per heavy atom. The quantitative estimate of drug-likeness (QED) is 0.661. The minimum atomic E-state index is -0.507. The van der Waals surface area contributed by atoms with E-state index in [0.29, 0.717) is 31.6 Å². The molecule has 0 radical (unpaired) electrons. The summed E-state index contributed by atoms with van der Waals surface area (Å²) in [5.74, 6) is 1.29. The lowest BCUT2D eigenvalue weighted by atomic mass is 10.0. The van der Waals surface area contributed by atoms with Crippen molar-refractivity contribution in [3.05, 3.63) is 59.2 Å². The maximum atomic E-state index is 13.3. The number of aryl methyl sites for hydroxylation is 2. The SMILES string of the molecule is CCC(C(=O)NC(C)C)N(Cc1cccc(C)c1)C(=O)CCc1ccc2c(c1)OCO2. The molecule has 0 aromatic heterocycles. The smallest absolute Gasteiger partial charge is 0.243 e. The molecule has 1 aliphatic rings. The number of fused-ring (bicyclic) bond motifs is 1. The zero-order valence-electron chi connectivity index (χ0n) is 18.8. The van der Waals surface area contributed by atoms with E-state index in [1.54, 1.807) is 4.90 Å². The normalized spacial score (nSPS) is 13.2. The van der Waals surface area contributed by atoms with Crippen molar-refractivity contribution in [2.45, 2.75) is 65.6 Å². The van der Waals surface area contributed by atoms with Crippen LogP contribution in [0.3, 0.4) is 0 Å². The predicted molar refractivity (Wildman–Crippen MR) is 120 cm³/mol. The molecule has 6 nitrogen and oxygen atoms in total. The largest absolute Gasteiger partial charge is 0.454 e. The monoisotopic (exact) mass is 424 g/mol. The maximum absolute atomic E-state index is 13.3. The Hall–Kier alpha value is -3.02. The van der Waals surface area contributed by atoms with Crippen LogP contribution in [0.15, 0.2) is 42.5 Å². The molecule has 6 heteroatoms. The summed E-state index contributed by atoms with van der Waals surface area (Å²) in [6.07, 6.45) is 1.44. The van der Waals surface area contributed by atoms with E-state index in [1.165, 1.54) is 0 Å². The van der Waals surface area contributed by atoms with Gasteiger partial charge in [0.25, 0.3) is 0 Å². The Bertz CT molecular complexity index is 925. The van der Waals surface area contributed by atoms with Gasteiger partial charge in [0.15, 0.2) is 11.5 Å². The van der Waals surface area contributed by atoms with Gasteiger partial charge in [-0.2, -0.15) is 0 Å². The van der Waals surface area contributed by atoms with E-state index in [4.69, 9.17) is 9.47 Å². The Kier molecular flexibility index (Phi) is 7.55. The van der Waals surface area contributed by atoms with E-state index in [-0.39, 0.29) is 24.6 Å². The minimum absolute atomic E-state index is 0.0195. The van der Waals surface area contributed by atoms with E-state index in [1.807, 2.05) is 64.1 Å². The first kappa shape index (κ1) is 22.7. The number of nitrogens with zero attached hydrogens (tertiary/aromatic N) is 1. The second-order valence-electron chi connectivity index (χ2n) is 8.29. The molecule has 0 spiro atoms. The van der Waals surface area contributed by atoms with Crippen molar-refractivity contribution in [2.24, 2.45) is 0 Å². The second kappa shape index (κ2) is 10.3. The molecule has 2 amide bonds. The molecule has 31 heavy (non-hydrogen) atoms. The third-order valence-electron chi connectivity index (χ3n) is 5.32. The van der Waals surface area contributed by atoms with Crippen molar-refractivity contribution in [2.75, 3.05) is 6.79 Å². The fourth-order valence-corrected chi connectivity index (χ4v) is 3.80. The van der Waals surface area contributed by atoms with Gasteiger partial charge in [-0.05, 0) is 56.9 Å². The highest BCUT2D eigenvalue weighted by Gasteiger charge is 2.28. The summed E-state index contributed by atoms with van der Waals surface area (Å²) >= 11 is 0. The third kappa shape index (κ3) is 6.00. The number of amides is 2. The summed E-state index contributed by atoms with van der Waals surface area (Å²) < 4.78 is 10.8. The number of hydrogen-bond donors (Lipinski definition) is 1. The highest BCUT2D eigenvalue weighted by atomic mass is 16.7. The molecule has 0 fully saturated rings. The lowest BCUT2D eigenvalue weighted by Crippen LogP contribution is -2.50. The van der Waals surface area contributed by atoms with Crippen LogP contribution in [0, 0.1) is 6.92 Å². The van der Waals surface area contributed by atoms with Crippen molar-refractivity contribution < 1.29 is 19.1 Å². The summed E-state index contributed by atoms with van der Waals surface area (Å²) in [6.45, 7) is 8.46. The molecule has 2 aromatic carbocycles. The van der Waals surface area contributed by atoms with Crippen molar-refractivity contribution in [1.29, 1.82) is 0 Å². The first-order valence-corrected chi connectivity index (χ1v) is 10.9. The molecule has 1 heterocycles. The summed E-state index contributed by atoms with van der Waals surface area (Å²) in [4.78, 5) is 27.9. The van der Waals surface area contributed by atoms with Gasteiger partial charge in [0.1, 0.15) is 6.04 Å². The van der Waals surface area contributed by atoms with Crippen molar-refractivity contribution in [3.63, 3.8) is 0 Å². The van der Waals surface area contributed by atoms with Crippen LogP contribution in [0.1, 0.15) is 50.3 Å². The number of hydrogen-bond acceptors (Lipinski definition) is 4. The summed E-state index contributed by atoms with van der Waals surface area (Å²) in [7, 11) is 0. The third-order valence-corrected chi connectivity index (χ3v) is 5.32. The highest BCUT2D eigenvalue weighted by molar-refractivity contribution is 5.87. The predicted octanol–water partition coefficient (Wildman–Crippen LogP) is 3.99. The van der Waals surface area contributed by atoms with Gasteiger partial charge in [-0.15, -0.1) is 0 Å². The van der Waals surface area contributed by atoms with E-state index in [2.05, 4.69) is 11.4 Å². The molecule has 2 aromatic rings. The number of rotatable bonds is 9. The number of nitrogens with one attached hydrogen (secondary N) is 1. The topological polar surface area (TPSA) is 67.9 Å². The van der Waals surface area contributed by atoms with Gasteiger partial charge in [0.05, 0.1) is 0 Å². The van der Waals surface area contributed by atoms with E-state index in [9.17, 15) is 9.59 Å². The maximum Gasteiger partial charge on any atom is 0.243 e. The van der Waals surface area contributed by atoms with Crippen molar-refractivity contribution in [1.82, 2.24) is 10.2 Å². The van der Waals surface area contributed by atoms with E-state index in [0.717, 1.165) is 22.4 Å². The Labute approximate surface area is 184 Å². The summed E-state index contributed by atoms with van der Waals surface area (Å²) in [5, 5.41) is 2.97. The molecule has 0 saturated carbocycles.